The van der Waals surface area contributed by atoms with Crippen molar-refractivity contribution in [3.05, 3.63) is 58.7 Å². The SMILES string of the molecule is CC(=O)OC12COC1CC(O)[C@@]1(C)C(=O)CC3=C(C)C(OC(=O)C(O)C(C)C=C(C)C)CC(O)(C(OC(=O)c4ccccc4)C21)C3(C)C. The minimum absolute atomic E-state index is 0.0206. The molecular formula is C37H48O11. The molecule has 5 rings (SSSR count). The number of ketones is 1. The van der Waals surface area contributed by atoms with E-state index in [9.17, 15) is 34.5 Å². The van der Waals surface area contributed by atoms with Crippen LogP contribution in [0, 0.1) is 22.7 Å². The number of fused-ring (bicyclic) bond motifs is 5. The van der Waals surface area contributed by atoms with Crippen LogP contribution < -0.4 is 0 Å². The van der Waals surface area contributed by atoms with E-state index in [4.69, 9.17) is 18.9 Å². The topological polar surface area (TPSA) is 166 Å². The Bertz CT molecular complexity index is 1540. The van der Waals surface area contributed by atoms with Crippen molar-refractivity contribution in [2.75, 3.05) is 6.61 Å². The minimum Gasteiger partial charge on any atom is -0.456 e. The Kier molecular flexibility index (Phi) is 9.35. The zero-order valence-electron chi connectivity index (χ0n) is 28.9. The van der Waals surface area contributed by atoms with E-state index in [-0.39, 0.29) is 31.4 Å². The number of hydrogen-bond donors (Lipinski definition) is 3. The molecule has 10 atom stereocenters. The van der Waals surface area contributed by atoms with E-state index in [1.54, 1.807) is 71.0 Å². The second kappa shape index (κ2) is 12.5. The van der Waals surface area contributed by atoms with Crippen molar-refractivity contribution in [1.29, 1.82) is 0 Å². The van der Waals surface area contributed by atoms with Gasteiger partial charge in [0.05, 0.1) is 29.6 Å². The number of aliphatic hydroxyl groups is 3. The molecule has 48 heavy (non-hydrogen) atoms. The average Bonchev–Trinajstić information content (AvgIpc) is 3.01. The fourth-order valence-corrected chi connectivity index (χ4v) is 8.63. The van der Waals surface area contributed by atoms with Crippen LogP contribution in [0.15, 0.2) is 53.1 Å². The molecule has 3 N–H and O–H groups in total. The zero-order chi connectivity index (χ0) is 35.6. The molecule has 0 radical (unpaired) electrons. The van der Waals surface area contributed by atoms with Crippen LogP contribution in [0.25, 0.3) is 0 Å². The molecule has 9 unspecified atom stereocenters. The van der Waals surface area contributed by atoms with Crippen molar-refractivity contribution in [2.45, 2.75) is 116 Å². The number of esters is 3. The van der Waals surface area contributed by atoms with E-state index in [1.165, 1.54) is 6.92 Å². The van der Waals surface area contributed by atoms with Crippen LogP contribution in [0.2, 0.25) is 0 Å². The summed E-state index contributed by atoms with van der Waals surface area (Å²) in [5.41, 5.74) is -4.43. The van der Waals surface area contributed by atoms with Gasteiger partial charge in [-0.15, -0.1) is 0 Å². The molecule has 2 saturated carbocycles. The second-order valence-electron chi connectivity index (χ2n) is 15.0. The molecule has 1 saturated heterocycles. The lowest BCUT2D eigenvalue weighted by molar-refractivity contribution is -0.344. The van der Waals surface area contributed by atoms with E-state index in [1.807, 2.05) is 13.8 Å². The number of carbonyl (C=O) groups excluding carboxylic acids is 4. The Hall–Kier alpha value is -3.38. The number of aliphatic hydroxyl groups excluding tert-OH is 2. The quantitative estimate of drug-likeness (QED) is 0.221. The Morgan fingerprint density at radius 2 is 1.71 bits per heavy atom. The molecule has 0 spiro atoms. The number of allylic oxidation sites excluding steroid dienone is 1. The van der Waals surface area contributed by atoms with Gasteiger partial charge >= 0.3 is 17.9 Å². The summed E-state index contributed by atoms with van der Waals surface area (Å²) >= 11 is 0. The number of Topliss-reactive ketones (excluding diaryl/α,β-unsaturated/α-hetero) is 1. The number of hydrogen-bond acceptors (Lipinski definition) is 11. The Balaban J connectivity index is 1.71. The van der Waals surface area contributed by atoms with Gasteiger partial charge in [0.25, 0.3) is 0 Å². The highest BCUT2D eigenvalue weighted by Crippen LogP contribution is 2.64. The molecule has 262 valence electrons. The van der Waals surface area contributed by atoms with E-state index in [2.05, 4.69) is 0 Å². The maximum absolute atomic E-state index is 14.7. The number of benzene rings is 1. The molecule has 0 amide bonds. The van der Waals surface area contributed by atoms with Crippen molar-refractivity contribution in [3.63, 3.8) is 0 Å². The lowest BCUT2D eigenvalue weighted by atomic mass is 9.45. The van der Waals surface area contributed by atoms with Crippen LogP contribution in [-0.2, 0) is 33.3 Å². The highest BCUT2D eigenvalue weighted by atomic mass is 16.6. The van der Waals surface area contributed by atoms with Crippen molar-refractivity contribution >= 4 is 23.7 Å². The maximum atomic E-state index is 14.7. The van der Waals surface area contributed by atoms with Crippen LogP contribution in [0.3, 0.4) is 0 Å². The Morgan fingerprint density at radius 3 is 2.27 bits per heavy atom. The van der Waals surface area contributed by atoms with Crippen molar-refractivity contribution < 1.29 is 53.4 Å². The third-order valence-electron chi connectivity index (χ3n) is 11.5. The van der Waals surface area contributed by atoms with E-state index < -0.39 is 88.1 Å². The molecule has 11 heteroatoms. The predicted molar refractivity (Wildman–Crippen MR) is 172 cm³/mol. The molecule has 1 aromatic carbocycles. The first kappa shape index (κ1) is 35.9. The fourth-order valence-electron chi connectivity index (χ4n) is 8.63. The first-order valence-corrected chi connectivity index (χ1v) is 16.6. The van der Waals surface area contributed by atoms with Gasteiger partial charge in [-0.05, 0) is 45.4 Å². The van der Waals surface area contributed by atoms with Crippen molar-refractivity contribution in [3.8, 4) is 0 Å². The summed E-state index contributed by atoms with van der Waals surface area (Å²) in [6.07, 6.45) is -5.11. The van der Waals surface area contributed by atoms with Gasteiger partial charge in [0.2, 0.25) is 0 Å². The first-order valence-electron chi connectivity index (χ1n) is 16.6. The molecular weight excluding hydrogens is 620 g/mol. The van der Waals surface area contributed by atoms with Gasteiger partial charge in [-0.2, -0.15) is 0 Å². The highest BCUT2D eigenvalue weighted by molar-refractivity contribution is 5.91. The summed E-state index contributed by atoms with van der Waals surface area (Å²) < 4.78 is 24.1. The molecule has 4 aliphatic rings. The largest absolute Gasteiger partial charge is 0.456 e. The molecule has 1 aliphatic heterocycles. The van der Waals surface area contributed by atoms with E-state index in [0.29, 0.717) is 11.1 Å². The fraction of sp³-hybridized carbons (Fsp3) is 0.622. The van der Waals surface area contributed by atoms with Gasteiger partial charge in [-0.1, -0.05) is 56.2 Å². The molecule has 3 aliphatic carbocycles. The molecule has 0 aromatic heterocycles. The predicted octanol–water partition coefficient (Wildman–Crippen LogP) is 3.63. The third-order valence-corrected chi connectivity index (χ3v) is 11.5. The Labute approximate surface area is 281 Å². The molecule has 11 nitrogen and oxygen atoms in total. The summed E-state index contributed by atoms with van der Waals surface area (Å²) in [6.45, 7) is 13.2. The van der Waals surface area contributed by atoms with Crippen molar-refractivity contribution in [1.82, 2.24) is 0 Å². The maximum Gasteiger partial charge on any atom is 0.338 e. The summed E-state index contributed by atoms with van der Waals surface area (Å²) in [6, 6.07) is 8.14. The average molecular weight is 669 g/mol. The third kappa shape index (κ3) is 5.52. The Morgan fingerprint density at radius 1 is 1.06 bits per heavy atom. The van der Waals surface area contributed by atoms with Gasteiger partial charge in [0.15, 0.2) is 11.7 Å². The van der Waals surface area contributed by atoms with Gasteiger partial charge in [0.1, 0.15) is 29.7 Å². The molecule has 1 aromatic rings. The normalized spacial score (nSPS) is 36.5. The minimum atomic E-state index is -2.05. The van der Waals surface area contributed by atoms with Crippen LogP contribution in [0.5, 0.6) is 0 Å². The van der Waals surface area contributed by atoms with Gasteiger partial charge in [0, 0.05) is 37.5 Å². The number of ether oxygens (including phenoxy) is 4. The lowest BCUT2D eigenvalue weighted by Gasteiger charge is -2.67. The highest BCUT2D eigenvalue weighted by Gasteiger charge is 2.77. The van der Waals surface area contributed by atoms with Gasteiger partial charge in [-0.3, -0.25) is 9.59 Å². The number of carbonyl (C=O) groups is 4. The summed E-state index contributed by atoms with van der Waals surface area (Å²) in [4.78, 5) is 54.6. The number of rotatable bonds is 7. The lowest BCUT2D eigenvalue weighted by Crippen LogP contribution is -2.80. The second-order valence-corrected chi connectivity index (χ2v) is 15.0. The molecule has 3 fully saturated rings. The monoisotopic (exact) mass is 668 g/mol. The smallest absolute Gasteiger partial charge is 0.338 e. The van der Waals surface area contributed by atoms with Crippen LogP contribution >= 0.6 is 0 Å². The first-order chi connectivity index (χ1) is 22.3. The summed E-state index contributed by atoms with van der Waals surface area (Å²) in [5, 5.41) is 35.8. The van der Waals surface area contributed by atoms with Crippen LogP contribution in [-0.4, -0.2) is 87.3 Å². The molecule has 1 heterocycles. The standard InChI is InChI=1S/C37H48O11/c1-19(2)14-20(3)29(41)33(43)46-25-17-37(44)31(47-32(42)23-12-10-9-11-13-23)30-35(8,26(39)15-24(21(25)4)34(37,6)7)27(40)16-28-36(30,18-45-28)48-22(5)38/h9-14,20,25,27-31,40-41,44H,15-18H2,1-8H3/t20?,25?,27?,28?,29?,30?,31?,35-,36?,37?/m1/s1. The molecule has 2 bridgehead atoms. The van der Waals surface area contributed by atoms with E-state index >= 15 is 0 Å². The summed E-state index contributed by atoms with van der Waals surface area (Å²) in [7, 11) is 0. The van der Waals surface area contributed by atoms with Crippen molar-refractivity contribution in [2.24, 2.45) is 22.7 Å². The van der Waals surface area contributed by atoms with E-state index in [0.717, 1.165) is 5.57 Å². The zero-order valence-corrected chi connectivity index (χ0v) is 28.9. The van der Waals surface area contributed by atoms with Crippen LogP contribution in [0.4, 0.5) is 0 Å². The summed E-state index contributed by atoms with van der Waals surface area (Å²) in [5.74, 6) is -4.61. The van der Waals surface area contributed by atoms with Crippen LogP contribution in [0.1, 0.15) is 85.0 Å². The van der Waals surface area contributed by atoms with Gasteiger partial charge in [-0.25, -0.2) is 9.59 Å². The van der Waals surface area contributed by atoms with Gasteiger partial charge < -0.3 is 34.3 Å².